The summed E-state index contributed by atoms with van der Waals surface area (Å²) in [7, 11) is 0. The second kappa shape index (κ2) is 12.2. The number of piperazine rings is 2. The first-order valence-electron chi connectivity index (χ1n) is 13.6. The number of rotatable bonds is 11. The van der Waals surface area contributed by atoms with E-state index in [1.54, 1.807) is 0 Å². The number of carbonyl (C=O) groups is 2. The lowest BCUT2D eigenvalue weighted by molar-refractivity contribution is -0.167. The summed E-state index contributed by atoms with van der Waals surface area (Å²) in [6.45, 7) is 16.5. The molecule has 2 aliphatic rings. The fraction of sp³-hybridized carbons (Fsp3) is 0.724. The minimum atomic E-state index is -0.325. The number of carbonyl (C=O) groups excluding carboxylic acids is 2. The van der Waals surface area contributed by atoms with Gasteiger partial charge in [-0.15, -0.1) is 0 Å². The summed E-state index contributed by atoms with van der Waals surface area (Å²) in [5.74, 6) is 1.91. The predicted octanol–water partition coefficient (Wildman–Crippen LogP) is 4.85. The maximum atomic E-state index is 14.1. The summed E-state index contributed by atoms with van der Waals surface area (Å²) >= 11 is 0. The Hall–Kier alpha value is -1.88. The molecule has 2 heterocycles. The van der Waals surface area contributed by atoms with E-state index >= 15 is 0 Å². The van der Waals surface area contributed by atoms with Crippen LogP contribution >= 0.6 is 0 Å². The third kappa shape index (κ3) is 6.84. The molecule has 2 fully saturated rings. The zero-order chi connectivity index (χ0) is 24.8. The monoisotopic (exact) mass is 469 g/mol. The molecule has 3 rings (SSSR count). The quantitative estimate of drug-likeness (QED) is 0.465. The summed E-state index contributed by atoms with van der Waals surface area (Å²) in [5, 5.41) is 0. The normalized spacial score (nSPS) is 24.0. The van der Waals surface area contributed by atoms with E-state index in [1.165, 1.54) is 12.0 Å². The van der Waals surface area contributed by atoms with Gasteiger partial charge in [0.2, 0.25) is 11.8 Å². The first kappa shape index (κ1) is 26.7. The van der Waals surface area contributed by atoms with Gasteiger partial charge in [0.1, 0.15) is 6.04 Å². The van der Waals surface area contributed by atoms with Crippen molar-refractivity contribution >= 4 is 11.8 Å². The maximum Gasteiger partial charge on any atom is 0.245 e. The van der Waals surface area contributed by atoms with Gasteiger partial charge in [0.25, 0.3) is 0 Å². The minimum absolute atomic E-state index is 0.0900. The molecule has 190 valence electrons. The van der Waals surface area contributed by atoms with Gasteiger partial charge in [-0.2, -0.15) is 0 Å². The molecule has 34 heavy (non-hydrogen) atoms. The SMILES string of the molecule is CC(C)CCCN1C[C@H]2CN(CCC(C)C)C(=O)[C@H](CC(C)C)N2C(=O)[C@@H]1Cc1ccccc1. The van der Waals surface area contributed by atoms with Crippen LogP contribution in [0.15, 0.2) is 30.3 Å². The van der Waals surface area contributed by atoms with Crippen molar-refractivity contribution < 1.29 is 9.59 Å². The van der Waals surface area contributed by atoms with Crippen molar-refractivity contribution in [1.29, 1.82) is 0 Å². The van der Waals surface area contributed by atoms with E-state index in [9.17, 15) is 9.59 Å². The molecule has 5 nitrogen and oxygen atoms in total. The van der Waals surface area contributed by atoms with Crippen molar-refractivity contribution in [3.05, 3.63) is 35.9 Å². The van der Waals surface area contributed by atoms with Crippen molar-refractivity contribution in [3.63, 3.8) is 0 Å². The van der Waals surface area contributed by atoms with E-state index < -0.39 is 0 Å². The molecular weight excluding hydrogens is 422 g/mol. The van der Waals surface area contributed by atoms with Crippen molar-refractivity contribution in [2.24, 2.45) is 17.8 Å². The second-order valence-electron chi connectivity index (χ2n) is 11.7. The molecule has 2 aliphatic heterocycles. The van der Waals surface area contributed by atoms with E-state index in [0.717, 1.165) is 38.9 Å². The van der Waals surface area contributed by atoms with Gasteiger partial charge in [-0.25, -0.2) is 0 Å². The second-order valence-corrected chi connectivity index (χ2v) is 11.7. The van der Waals surface area contributed by atoms with Crippen LogP contribution in [0.25, 0.3) is 0 Å². The fourth-order valence-electron chi connectivity index (χ4n) is 5.50. The van der Waals surface area contributed by atoms with Gasteiger partial charge in [0, 0.05) is 19.6 Å². The van der Waals surface area contributed by atoms with E-state index in [1.807, 2.05) is 23.1 Å². The average Bonchev–Trinajstić information content (AvgIpc) is 2.77. The van der Waals surface area contributed by atoms with Crippen LogP contribution in [-0.2, 0) is 16.0 Å². The van der Waals surface area contributed by atoms with Crippen LogP contribution in [0, 0.1) is 17.8 Å². The summed E-state index contributed by atoms with van der Waals surface area (Å²) in [6.07, 6.45) is 4.74. The smallest absolute Gasteiger partial charge is 0.245 e. The molecule has 0 spiro atoms. The maximum absolute atomic E-state index is 14.1. The number of nitrogens with zero attached hydrogens (tertiary/aromatic N) is 3. The van der Waals surface area contributed by atoms with Gasteiger partial charge in [-0.1, -0.05) is 71.9 Å². The molecule has 1 aromatic rings. The Bertz CT molecular complexity index is 792. The molecule has 0 N–H and O–H groups in total. The number of benzene rings is 1. The molecule has 0 radical (unpaired) electrons. The van der Waals surface area contributed by atoms with Crippen LogP contribution in [0.2, 0.25) is 0 Å². The zero-order valence-electron chi connectivity index (χ0n) is 22.4. The van der Waals surface area contributed by atoms with Gasteiger partial charge in [-0.3, -0.25) is 14.5 Å². The van der Waals surface area contributed by atoms with Gasteiger partial charge in [0.05, 0.1) is 12.1 Å². The molecule has 0 bridgehead atoms. The van der Waals surface area contributed by atoms with Gasteiger partial charge in [0.15, 0.2) is 0 Å². The molecule has 2 saturated heterocycles. The van der Waals surface area contributed by atoms with Crippen molar-refractivity contribution in [3.8, 4) is 0 Å². The molecule has 0 unspecified atom stereocenters. The Labute approximate surface area is 207 Å². The van der Waals surface area contributed by atoms with Crippen LogP contribution in [0.5, 0.6) is 0 Å². The third-order valence-corrected chi connectivity index (χ3v) is 7.35. The molecule has 0 aliphatic carbocycles. The van der Waals surface area contributed by atoms with E-state index in [-0.39, 0.29) is 29.9 Å². The van der Waals surface area contributed by atoms with Crippen LogP contribution in [0.1, 0.15) is 72.8 Å². The highest BCUT2D eigenvalue weighted by molar-refractivity contribution is 5.92. The molecular formula is C29H47N3O2. The summed E-state index contributed by atoms with van der Waals surface area (Å²) < 4.78 is 0. The summed E-state index contributed by atoms with van der Waals surface area (Å²) in [5.41, 5.74) is 1.19. The van der Waals surface area contributed by atoms with Gasteiger partial charge >= 0.3 is 0 Å². The highest BCUT2D eigenvalue weighted by atomic mass is 16.2. The number of amides is 2. The highest BCUT2D eigenvalue weighted by Gasteiger charge is 2.49. The van der Waals surface area contributed by atoms with Crippen LogP contribution in [0.3, 0.4) is 0 Å². The average molecular weight is 470 g/mol. The molecule has 5 heteroatoms. The van der Waals surface area contributed by atoms with Crippen LogP contribution in [-0.4, -0.2) is 70.8 Å². The Morgan fingerprint density at radius 2 is 1.47 bits per heavy atom. The number of hydrogen-bond acceptors (Lipinski definition) is 3. The molecule has 1 aromatic carbocycles. The predicted molar refractivity (Wildman–Crippen MR) is 139 cm³/mol. The summed E-state index contributed by atoms with van der Waals surface area (Å²) in [6, 6.07) is 9.94. The Balaban J connectivity index is 1.87. The van der Waals surface area contributed by atoms with Crippen molar-refractivity contribution in [2.75, 3.05) is 26.2 Å². The Kier molecular flexibility index (Phi) is 9.58. The molecule has 2 amide bonds. The molecule has 0 aromatic heterocycles. The van der Waals surface area contributed by atoms with Crippen LogP contribution in [0.4, 0.5) is 0 Å². The first-order chi connectivity index (χ1) is 16.2. The number of hydrogen-bond donors (Lipinski definition) is 0. The van der Waals surface area contributed by atoms with E-state index in [2.05, 4.69) is 63.5 Å². The van der Waals surface area contributed by atoms with Crippen molar-refractivity contribution in [1.82, 2.24) is 14.7 Å². The largest absolute Gasteiger partial charge is 0.339 e. The van der Waals surface area contributed by atoms with Crippen molar-refractivity contribution in [2.45, 2.75) is 91.8 Å². The molecule has 0 saturated carbocycles. The zero-order valence-corrected chi connectivity index (χ0v) is 22.4. The standard InChI is InChI=1S/C29H47N3O2/c1-21(2)11-10-15-30-19-25-20-31(16-14-22(3)4)28(33)27(17-23(5)6)32(25)29(34)26(30)18-24-12-8-7-9-13-24/h7-9,12-13,21-23,25-27H,10-11,14-20H2,1-6H3/t25-,26-,27-/m0/s1. The fourth-order valence-corrected chi connectivity index (χ4v) is 5.50. The lowest BCUT2D eigenvalue weighted by Crippen LogP contribution is -2.72. The van der Waals surface area contributed by atoms with Crippen LogP contribution < -0.4 is 0 Å². The highest BCUT2D eigenvalue weighted by Crippen LogP contribution is 2.30. The number of fused-ring (bicyclic) bond motifs is 1. The lowest BCUT2D eigenvalue weighted by Gasteiger charge is -2.53. The van der Waals surface area contributed by atoms with E-state index in [0.29, 0.717) is 30.7 Å². The Morgan fingerprint density at radius 1 is 0.794 bits per heavy atom. The van der Waals surface area contributed by atoms with E-state index in [4.69, 9.17) is 0 Å². The first-order valence-corrected chi connectivity index (χ1v) is 13.6. The minimum Gasteiger partial charge on any atom is -0.339 e. The summed E-state index contributed by atoms with van der Waals surface area (Å²) in [4.78, 5) is 34.2. The Morgan fingerprint density at radius 3 is 2.09 bits per heavy atom. The third-order valence-electron chi connectivity index (χ3n) is 7.35. The van der Waals surface area contributed by atoms with Gasteiger partial charge in [-0.05, 0) is 62.0 Å². The topological polar surface area (TPSA) is 43.9 Å². The lowest BCUT2D eigenvalue weighted by atomic mass is 9.90. The molecule has 3 atom stereocenters. The van der Waals surface area contributed by atoms with Gasteiger partial charge < -0.3 is 9.80 Å².